The summed E-state index contributed by atoms with van der Waals surface area (Å²) in [4.78, 5) is 15.0. The molecule has 20 heavy (non-hydrogen) atoms. The lowest BCUT2D eigenvalue weighted by atomic mass is 10.3. The average Bonchev–Trinajstić information content (AvgIpc) is 2.98. The number of nitrogens with one attached hydrogen (secondary N) is 2. The minimum absolute atomic E-state index is 0.000360. The van der Waals surface area contributed by atoms with Gasteiger partial charge in [-0.2, -0.15) is 10.1 Å². The molecule has 0 saturated heterocycles. The van der Waals surface area contributed by atoms with Crippen LogP contribution in [0.1, 0.15) is 0 Å². The van der Waals surface area contributed by atoms with Crippen molar-refractivity contribution in [1.29, 1.82) is 0 Å². The van der Waals surface area contributed by atoms with Gasteiger partial charge in [0.15, 0.2) is 5.58 Å². The summed E-state index contributed by atoms with van der Waals surface area (Å²) in [6, 6.07) is 4.14. The van der Waals surface area contributed by atoms with Crippen molar-refractivity contribution in [2.45, 2.75) is 4.90 Å². The van der Waals surface area contributed by atoms with Gasteiger partial charge in [-0.15, -0.1) is 0 Å². The quantitative estimate of drug-likeness (QED) is 0.703. The fourth-order valence-corrected chi connectivity index (χ4v) is 2.70. The van der Waals surface area contributed by atoms with Gasteiger partial charge in [0.05, 0.1) is 10.4 Å². The fraction of sp³-hybridized carbons (Fsp3) is 0.100. The minimum Gasteiger partial charge on any atom is -0.408 e. The molecule has 3 aromatic rings. The number of nitrogens with zero attached hydrogens (tertiary/aromatic N) is 3. The topological polar surface area (TPSA) is 123 Å². The van der Waals surface area contributed by atoms with E-state index in [4.69, 9.17) is 4.42 Å². The van der Waals surface area contributed by atoms with E-state index in [2.05, 4.69) is 19.9 Å². The number of aromatic amines is 1. The van der Waals surface area contributed by atoms with Gasteiger partial charge in [-0.3, -0.25) is 4.57 Å². The largest absolute Gasteiger partial charge is 0.419 e. The smallest absolute Gasteiger partial charge is 0.408 e. The molecule has 3 rings (SSSR count). The number of sulfonamides is 1. The summed E-state index contributed by atoms with van der Waals surface area (Å²) in [5, 5.41) is 5.92. The number of aryl methyl sites for hydroxylation is 1. The van der Waals surface area contributed by atoms with E-state index in [0.717, 1.165) is 0 Å². The second kappa shape index (κ2) is 4.20. The van der Waals surface area contributed by atoms with Crippen molar-refractivity contribution in [1.82, 2.24) is 19.7 Å². The number of anilines is 1. The van der Waals surface area contributed by atoms with Gasteiger partial charge in [0, 0.05) is 13.1 Å². The van der Waals surface area contributed by atoms with Crippen LogP contribution in [0.5, 0.6) is 0 Å². The summed E-state index contributed by atoms with van der Waals surface area (Å²) >= 11 is 0. The van der Waals surface area contributed by atoms with Crippen molar-refractivity contribution >= 4 is 27.1 Å². The summed E-state index contributed by atoms with van der Waals surface area (Å²) in [5.41, 5.74) is 0.701. The van der Waals surface area contributed by atoms with E-state index in [9.17, 15) is 13.2 Å². The average molecular weight is 295 g/mol. The molecule has 0 bridgehead atoms. The number of hydrogen-bond acceptors (Lipinski definition) is 6. The van der Waals surface area contributed by atoms with E-state index >= 15 is 0 Å². The van der Waals surface area contributed by atoms with Crippen LogP contribution >= 0.6 is 0 Å². The van der Waals surface area contributed by atoms with Crippen LogP contribution in [0.4, 0.5) is 5.95 Å². The molecule has 0 saturated carbocycles. The first kappa shape index (κ1) is 12.4. The normalized spacial score (nSPS) is 11.8. The number of benzene rings is 1. The lowest BCUT2D eigenvalue weighted by molar-refractivity contribution is 0.527. The highest BCUT2D eigenvalue weighted by Crippen LogP contribution is 2.19. The molecule has 9 nitrogen and oxygen atoms in total. The Labute approximate surface area is 112 Å². The van der Waals surface area contributed by atoms with E-state index in [-0.39, 0.29) is 16.4 Å². The van der Waals surface area contributed by atoms with Gasteiger partial charge in [0.1, 0.15) is 6.33 Å². The molecular weight excluding hydrogens is 286 g/mol. The van der Waals surface area contributed by atoms with E-state index in [1.165, 1.54) is 36.1 Å². The Kier molecular flexibility index (Phi) is 2.61. The Morgan fingerprint density at radius 1 is 1.40 bits per heavy atom. The highest BCUT2D eigenvalue weighted by Gasteiger charge is 2.18. The zero-order chi connectivity index (χ0) is 14.3. The van der Waals surface area contributed by atoms with Crippen LogP contribution in [-0.2, 0) is 17.1 Å². The monoisotopic (exact) mass is 295 g/mol. The highest BCUT2D eigenvalue weighted by atomic mass is 32.2. The summed E-state index contributed by atoms with van der Waals surface area (Å²) in [5.74, 6) is -0.558. The number of fused-ring (bicyclic) bond motifs is 1. The van der Waals surface area contributed by atoms with E-state index in [1.54, 1.807) is 0 Å². The van der Waals surface area contributed by atoms with Crippen molar-refractivity contribution in [3.8, 4) is 0 Å². The van der Waals surface area contributed by atoms with Crippen molar-refractivity contribution in [2.75, 3.05) is 4.72 Å². The number of hydrogen-bond donors (Lipinski definition) is 2. The van der Waals surface area contributed by atoms with Crippen LogP contribution < -0.4 is 10.5 Å². The van der Waals surface area contributed by atoms with Gasteiger partial charge < -0.3 is 4.42 Å². The van der Waals surface area contributed by atoms with Crippen LogP contribution in [0.2, 0.25) is 0 Å². The molecule has 0 unspecified atom stereocenters. The van der Waals surface area contributed by atoms with Crippen molar-refractivity contribution in [3.63, 3.8) is 0 Å². The number of oxazole rings is 1. The van der Waals surface area contributed by atoms with Crippen LogP contribution in [0.3, 0.4) is 0 Å². The van der Waals surface area contributed by atoms with Crippen molar-refractivity contribution < 1.29 is 12.8 Å². The molecule has 0 aliphatic rings. The first-order valence-electron chi connectivity index (χ1n) is 5.45. The minimum atomic E-state index is -3.83. The molecule has 2 N–H and O–H groups in total. The SMILES string of the molecule is Cn1c(=O)oc2cc(S(=O)(=O)Nc3ncn[nH]3)ccc21. The van der Waals surface area contributed by atoms with Gasteiger partial charge in [-0.25, -0.2) is 23.0 Å². The maximum absolute atomic E-state index is 12.1. The van der Waals surface area contributed by atoms with Gasteiger partial charge in [0.2, 0.25) is 5.95 Å². The van der Waals surface area contributed by atoms with Crippen LogP contribution in [0.15, 0.2) is 38.6 Å². The lowest BCUT2D eigenvalue weighted by Gasteiger charge is -2.04. The highest BCUT2D eigenvalue weighted by molar-refractivity contribution is 7.92. The summed E-state index contributed by atoms with van der Waals surface area (Å²) < 4.78 is 32.7. The number of H-pyrrole nitrogens is 1. The van der Waals surface area contributed by atoms with Gasteiger partial charge >= 0.3 is 5.76 Å². The number of aromatic nitrogens is 4. The second-order valence-corrected chi connectivity index (χ2v) is 5.68. The third-order valence-electron chi connectivity index (χ3n) is 2.72. The summed E-state index contributed by atoms with van der Waals surface area (Å²) in [7, 11) is -2.30. The Morgan fingerprint density at radius 2 is 2.20 bits per heavy atom. The first-order chi connectivity index (χ1) is 9.47. The van der Waals surface area contributed by atoms with E-state index < -0.39 is 15.8 Å². The molecular formula is C10H9N5O4S. The van der Waals surface area contributed by atoms with Crippen LogP contribution in [0.25, 0.3) is 11.1 Å². The zero-order valence-electron chi connectivity index (χ0n) is 10.2. The maximum atomic E-state index is 12.1. The zero-order valence-corrected chi connectivity index (χ0v) is 11.0. The fourth-order valence-electron chi connectivity index (χ4n) is 1.72. The summed E-state index contributed by atoms with van der Waals surface area (Å²) in [6.07, 6.45) is 1.18. The second-order valence-electron chi connectivity index (χ2n) is 4.00. The molecule has 0 radical (unpaired) electrons. The van der Waals surface area contributed by atoms with Crippen LogP contribution in [0, 0.1) is 0 Å². The first-order valence-corrected chi connectivity index (χ1v) is 6.93. The van der Waals surface area contributed by atoms with Crippen LogP contribution in [-0.4, -0.2) is 28.2 Å². The lowest BCUT2D eigenvalue weighted by Crippen LogP contribution is -2.14. The number of rotatable bonds is 3. The molecule has 2 aromatic heterocycles. The molecule has 0 spiro atoms. The molecule has 2 heterocycles. The third kappa shape index (κ3) is 1.95. The molecule has 10 heteroatoms. The Hall–Kier alpha value is -2.62. The van der Waals surface area contributed by atoms with Gasteiger partial charge in [-0.05, 0) is 12.1 Å². The molecule has 104 valence electrons. The Bertz CT molecular complexity index is 922. The van der Waals surface area contributed by atoms with E-state index in [0.29, 0.717) is 5.52 Å². The molecule has 0 fully saturated rings. The third-order valence-corrected chi connectivity index (χ3v) is 4.06. The van der Waals surface area contributed by atoms with Gasteiger partial charge in [-0.1, -0.05) is 0 Å². The van der Waals surface area contributed by atoms with Crippen molar-refractivity contribution in [3.05, 3.63) is 35.1 Å². The maximum Gasteiger partial charge on any atom is 0.419 e. The molecule has 0 aliphatic heterocycles. The molecule has 1 aromatic carbocycles. The standard InChI is InChI=1S/C10H9N5O4S/c1-15-7-3-2-6(4-8(7)19-10(15)16)20(17,18)14-9-11-5-12-13-9/h2-5H,1H3,(H2,11,12,13,14). The predicted octanol–water partition coefficient (Wildman–Crippen LogP) is 0.0504. The molecule has 0 amide bonds. The Morgan fingerprint density at radius 3 is 2.90 bits per heavy atom. The Balaban J connectivity index is 2.07. The summed E-state index contributed by atoms with van der Waals surface area (Å²) in [6.45, 7) is 0. The molecule has 0 aliphatic carbocycles. The molecule has 0 atom stereocenters. The van der Waals surface area contributed by atoms with E-state index in [1.807, 2.05) is 0 Å². The predicted molar refractivity (Wildman–Crippen MR) is 68.6 cm³/mol. The van der Waals surface area contributed by atoms with Gasteiger partial charge in [0.25, 0.3) is 10.0 Å². The van der Waals surface area contributed by atoms with Crippen molar-refractivity contribution in [2.24, 2.45) is 7.05 Å².